The average molecular weight is 230 g/mol. The van der Waals surface area contributed by atoms with Crippen molar-refractivity contribution in [1.82, 2.24) is 0 Å². The molecule has 1 aliphatic heterocycles. The summed E-state index contributed by atoms with van der Waals surface area (Å²) < 4.78 is 19.1. The standard InChI is InChI=1S/C10H14O6/c1-3-14-9(11)7(2)4-13-5-8-6-15-10(12)16-8/h8H,2-6H2,1H3. The van der Waals surface area contributed by atoms with Gasteiger partial charge < -0.3 is 18.9 Å². The van der Waals surface area contributed by atoms with Crippen molar-refractivity contribution >= 4 is 12.1 Å². The van der Waals surface area contributed by atoms with E-state index in [1.807, 2.05) is 0 Å². The fourth-order valence-corrected chi connectivity index (χ4v) is 1.05. The molecule has 0 spiro atoms. The van der Waals surface area contributed by atoms with E-state index < -0.39 is 18.2 Å². The van der Waals surface area contributed by atoms with Crippen molar-refractivity contribution in [1.29, 1.82) is 0 Å². The second kappa shape index (κ2) is 6.12. The lowest BCUT2D eigenvalue weighted by Crippen LogP contribution is -2.20. The number of cyclic esters (lactones) is 2. The lowest BCUT2D eigenvalue weighted by molar-refractivity contribution is -0.139. The minimum atomic E-state index is -0.696. The first kappa shape index (κ1) is 12.5. The van der Waals surface area contributed by atoms with Gasteiger partial charge in [-0.3, -0.25) is 0 Å². The SMILES string of the molecule is C=C(COCC1COC(=O)O1)C(=O)OCC. The third kappa shape index (κ3) is 3.90. The smallest absolute Gasteiger partial charge is 0.463 e. The summed E-state index contributed by atoms with van der Waals surface area (Å²) in [4.78, 5) is 21.7. The molecule has 0 aromatic carbocycles. The number of hydrogen-bond donors (Lipinski definition) is 0. The number of hydrogen-bond acceptors (Lipinski definition) is 6. The molecule has 16 heavy (non-hydrogen) atoms. The van der Waals surface area contributed by atoms with E-state index in [2.05, 4.69) is 11.3 Å². The van der Waals surface area contributed by atoms with Gasteiger partial charge in [0.1, 0.15) is 6.61 Å². The maximum Gasteiger partial charge on any atom is 0.508 e. The summed E-state index contributed by atoms with van der Waals surface area (Å²) in [7, 11) is 0. The van der Waals surface area contributed by atoms with Crippen molar-refractivity contribution in [2.45, 2.75) is 13.0 Å². The molecule has 0 aromatic heterocycles. The molecule has 6 nitrogen and oxygen atoms in total. The van der Waals surface area contributed by atoms with E-state index in [9.17, 15) is 9.59 Å². The number of carbonyl (C=O) groups is 2. The second-order valence-electron chi connectivity index (χ2n) is 3.14. The van der Waals surface area contributed by atoms with Gasteiger partial charge in [0.05, 0.1) is 25.4 Å². The summed E-state index contributed by atoms with van der Waals surface area (Å²) >= 11 is 0. The highest BCUT2D eigenvalue weighted by Gasteiger charge is 2.25. The molecule has 0 amide bonds. The molecule has 0 N–H and O–H groups in total. The third-order valence-electron chi connectivity index (χ3n) is 1.79. The summed E-state index contributed by atoms with van der Waals surface area (Å²) in [6, 6.07) is 0. The minimum absolute atomic E-state index is 0.0485. The lowest BCUT2D eigenvalue weighted by atomic mass is 10.3. The van der Waals surface area contributed by atoms with Crippen LogP contribution in [0.1, 0.15) is 6.92 Å². The summed E-state index contributed by atoms with van der Waals surface area (Å²) in [6.45, 7) is 5.91. The molecule has 1 atom stereocenters. The number of ether oxygens (including phenoxy) is 4. The van der Waals surface area contributed by atoms with Crippen LogP contribution in [0.15, 0.2) is 12.2 Å². The van der Waals surface area contributed by atoms with Gasteiger partial charge in [0.25, 0.3) is 0 Å². The van der Waals surface area contributed by atoms with Crippen LogP contribution in [-0.4, -0.2) is 44.7 Å². The third-order valence-corrected chi connectivity index (χ3v) is 1.79. The largest absolute Gasteiger partial charge is 0.508 e. The molecule has 0 aromatic rings. The Balaban J connectivity index is 2.13. The molecule has 1 rings (SSSR count). The van der Waals surface area contributed by atoms with E-state index in [0.717, 1.165) is 0 Å². The van der Waals surface area contributed by atoms with Crippen molar-refractivity contribution in [2.24, 2.45) is 0 Å². The zero-order chi connectivity index (χ0) is 12.0. The Kier molecular flexibility index (Phi) is 4.78. The fourth-order valence-electron chi connectivity index (χ4n) is 1.05. The van der Waals surface area contributed by atoms with Gasteiger partial charge in [-0.15, -0.1) is 0 Å². The van der Waals surface area contributed by atoms with Crippen molar-refractivity contribution in [3.63, 3.8) is 0 Å². The molecular formula is C10H14O6. The highest BCUT2D eigenvalue weighted by molar-refractivity contribution is 5.87. The molecule has 6 heteroatoms. The first-order chi connectivity index (χ1) is 7.63. The van der Waals surface area contributed by atoms with E-state index in [4.69, 9.17) is 14.2 Å². The van der Waals surface area contributed by atoms with Crippen molar-refractivity contribution in [2.75, 3.05) is 26.4 Å². The fraction of sp³-hybridized carbons (Fsp3) is 0.600. The molecule has 1 saturated heterocycles. The topological polar surface area (TPSA) is 71.1 Å². The van der Waals surface area contributed by atoms with Crippen LogP contribution in [0.5, 0.6) is 0 Å². The second-order valence-corrected chi connectivity index (χ2v) is 3.14. The highest BCUT2D eigenvalue weighted by atomic mass is 16.8. The number of carbonyl (C=O) groups excluding carboxylic acids is 2. The normalized spacial score (nSPS) is 18.8. The van der Waals surface area contributed by atoms with Crippen LogP contribution in [-0.2, 0) is 23.7 Å². The van der Waals surface area contributed by atoms with E-state index in [0.29, 0.717) is 6.61 Å². The number of rotatable bonds is 6. The van der Waals surface area contributed by atoms with Gasteiger partial charge in [-0.2, -0.15) is 0 Å². The van der Waals surface area contributed by atoms with E-state index in [-0.39, 0.29) is 25.4 Å². The van der Waals surface area contributed by atoms with Gasteiger partial charge in [-0.1, -0.05) is 6.58 Å². The zero-order valence-corrected chi connectivity index (χ0v) is 9.06. The maximum absolute atomic E-state index is 11.1. The van der Waals surface area contributed by atoms with Gasteiger partial charge in [0.2, 0.25) is 0 Å². The quantitative estimate of drug-likeness (QED) is 0.493. The molecule has 1 unspecified atom stereocenters. The Morgan fingerprint density at radius 2 is 2.38 bits per heavy atom. The van der Waals surface area contributed by atoms with E-state index >= 15 is 0 Å². The van der Waals surface area contributed by atoms with Crippen molar-refractivity contribution < 1.29 is 28.5 Å². The average Bonchev–Trinajstić information content (AvgIpc) is 2.64. The Bertz CT molecular complexity index is 285. The molecule has 1 heterocycles. The predicted molar refractivity (Wildman–Crippen MR) is 52.8 cm³/mol. The van der Waals surface area contributed by atoms with Crippen LogP contribution in [0.2, 0.25) is 0 Å². The van der Waals surface area contributed by atoms with Crippen LogP contribution < -0.4 is 0 Å². The predicted octanol–water partition coefficient (Wildman–Crippen LogP) is 0.658. The molecule has 0 aliphatic carbocycles. The summed E-state index contributed by atoms with van der Waals surface area (Å²) in [6.07, 6.45) is -1.11. The Morgan fingerprint density at radius 3 is 2.94 bits per heavy atom. The van der Waals surface area contributed by atoms with Gasteiger partial charge in [-0.25, -0.2) is 9.59 Å². The van der Waals surface area contributed by atoms with Crippen LogP contribution in [0.3, 0.4) is 0 Å². The van der Waals surface area contributed by atoms with Gasteiger partial charge >= 0.3 is 12.1 Å². The maximum atomic E-state index is 11.1. The minimum Gasteiger partial charge on any atom is -0.463 e. The molecule has 90 valence electrons. The van der Waals surface area contributed by atoms with Crippen LogP contribution in [0.25, 0.3) is 0 Å². The van der Waals surface area contributed by atoms with Crippen molar-refractivity contribution in [3.05, 3.63) is 12.2 Å². The van der Waals surface area contributed by atoms with Gasteiger partial charge in [0, 0.05) is 0 Å². The Labute approximate surface area is 93.1 Å². The molecule has 1 fully saturated rings. The van der Waals surface area contributed by atoms with Gasteiger partial charge in [0.15, 0.2) is 6.10 Å². The Morgan fingerprint density at radius 1 is 1.62 bits per heavy atom. The first-order valence-corrected chi connectivity index (χ1v) is 4.89. The Hall–Kier alpha value is -1.56. The summed E-state index contributed by atoms with van der Waals surface area (Å²) in [5, 5.41) is 0. The molecule has 0 saturated carbocycles. The van der Waals surface area contributed by atoms with E-state index in [1.165, 1.54) is 0 Å². The monoisotopic (exact) mass is 230 g/mol. The van der Waals surface area contributed by atoms with Crippen molar-refractivity contribution in [3.8, 4) is 0 Å². The molecule has 1 aliphatic rings. The van der Waals surface area contributed by atoms with Gasteiger partial charge in [-0.05, 0) is 6.92 Å². The first-order valence-electron chi connectivity index (χ1n) is 4.89. The van der Waals surface area contributed by atoms with Crippen LogP contribution >= 0.6 is 0 Å². The van der Waals surface area contributed by atoms with Crippen LogP contribution in [0, 0.1) is 0 Å². The molecular weight excluding hydrogens is 216 g/mol. The molecule has 0 radical (unpaired) electrons. The zero-order valence-electron chi connectivity index (χ0n) is 9.06. The lowest BCUT2D eigenvalue weighted by Gasteiger charge is -2.08. The summed E-state index contributed by atoms with van der Waals surface area (Å²) in [5.41, 5.74) is 0.229. The van der Waals surface area contributed by atoms with E-state index in [1.54, 1.807) is 6.92 Å². The molecule has 0 bridgehead atoms. The summed E-state index contributed by atoms with van der Waals surface area (Å²) in [5.74, 6) is -0.484. The highest BCUT2D eigenvalue weighted by Crippen LogP contribution is 2.07. The van der Waals surface area contributed by atoms with Crippen LogP contribution in [0.4, 0.5) is 4.79 Å². The number of esters is 1.